The second kappa shape index (κ2) is 6.14. The summed E-state index contributed by atoms with van der Waals surface area (Å²) >= 11 is 7.30. The van der Waals surface area contributed by atoms with Crippen LogP contribution >= 0.6 is 22.9 Å². The minimum absolute atomic E-state index is 0.556. The van der Waals surface area contributed by atoms with Gasteiger partial charge in [-0.15, -0.1) is 21.5 Å². The summed E-state index contributed by atoms with van der Waals surface area (Å²) in [5, 5.41) is 11.3. The van der Waals surface area contributed by atoms with Crippen LogP contribution in [0, 0.1) is 0 Å². The van der Waals surface area contributed by atoms with Crippen LogP contribution in [-0.2, 0) is 6.42 Å². The molecule has 0 unspecified atom stereocenters. The highest BCUT2D eigenvalue weighted by atomic mass is 35.5. The Morgan fingerprint density at radius 1 is 1.41 bits per heavy atom. The molecule has 1 N–H and O–H groups in total. The predicted molar refractivity (Wildman–Crippen MR) is 69.5 cm³/mol. The van der Waals surface area contributed by atoms with Crippen LogP contribution in [0.5, 0.6) is 0 Å². The zero-order valence-corrected chi connectivity index (χ0v) is 11.1. The van der Waals surface area contributed by atoms with E-state index < -0.39 is 0 Å². The first-order valence-electron chi connectivity index (χ1n) is 5.58. The molecule has 2 rings (SSSR count). The molecule has 0 spiro atoms. The van der Waals surface area contributed by atoms with E-state index in [2.05, 4.69) is 22.4 Å². The number of aromatic nitrogens is 2. The van der Waals surface area contributed by atoms with Gasteiger partial charge in [0.05, 0.1) is 9.21 Å². The molecule has 0 aliphatic carbocycles. The van der Waals surface area contributed by atoms with Crippen LogP contribution in [0.4, 0.5) is 0 Å². The van der Waals surface area contributed by atoms with E-state index in [9.17, 15) is 0 Å². The van der Waals surface area contributed by atoms with Crippen molar-refractivity contribution >= 4 is 22.9 Å². The Morgan fingerprint density at radius 2 is 2.29 bits per heavy atom. The lowest BCUT2D eigenvalue weighted by Crippen LogP contribution is -2.14. The van der Waals surface area contributed by atoms with Crippen LogP contribution in [0.2, 0.25) is 4.34 Å². The van der Waals surface area contributed by atoms with Gasteiger partial charge in [-0.2, -0.15) is 0 Å². The van der Waals surface area contributed by atoms with Crippen molar-refractivity contribution in [3.63, 3.8) is 0 Å². The van der Waals surface area contributed by atoms with E-state index in [1.807, 2.05) is 12.1 Å². The van der Waals surface area contributed by atoms with Crippen LogP contribution in [0.1, 0.15) is 19.2 Å². The minimum atomic E-state index is 0.556. The number of aryl methyl sites for hydroxylation is 1. The number of hydrogen-bond donors (Lipinski definition) is 1. The number of nitrogens with zero attached hydrogens (tertiary/aromatic N) is 2. The molecule has 2 heterocycles. The summed E-state index contributed by atoms with van der Waals surface area (Å²) in [6.07, 6.45) is 1.81. The van der Waals surface area contributed by atoms with Gasteiger partial charge in [0.25, 0.3) is 5.89 Å². The third kappa shape index (κ3) is 3.52. The summed E-state index contributed by atoms with van der Waals surface area (Å²) in [6.45, 7) is 4.05. The molecule has 0 radical (unpaired) electrons. The number of halogens is 1. The van der Waals surface area contributed by atoms with Gasteiger partial charge in [-0.05, 0) is 31.6 Å². The Balaban J connectivity index is 1.92. The molecule has 0 fully saturated rings. The van der Waals surface area contributed by atoms with Gasteiger partial charge in [-0.25, -0.2) is 0 Å². The van der Waals surface area contributed by atoms with E-state index in [1.165, 1.54) is 11.3 Å². The smallest absolute Gasteiger partial charge is 0.257 e. The molecule has 0 atom stereocenters. The van der Waals surface area contributed by atoms with Gasteiger partial charge < -0.3 is 9.73 Å². The second-order valence-electron chi connectivity index (χ2n) is 3.56. The highest BCUT2D eigenvalue weighted by Gasteiger charge is 2.10. The number of hydrogen-bond acceptors (Lipinski definition) is 5. The lowest BCUT2D eigenvalue weighted by atomic mass is 10.3. The third-order valence-electron chi connectivity index (χ3n) is 2.25. The number of thiophene rings is 1. The SMILES string of the molecule is CCNCCCc1nnc(-c2ccc(Cl)s2)o1. The van der Waals surface area contributed by atoms with Gasteiger partial charge in [-0.3, -0.25) is 0 Å². The molecule has 0 saturated heterocycles. The fourth-order valence-corrected chi connectivity index (χ4v) is 2.39. The van der Waals surface area contributed by atoms with E-state index in [-0.39, 0.29) is 0 Å². The normalized spacial score (nSPS) is 10.9. The van der Waals surface area contributed by atoms with Crippen LogP contribution in [-0.4, -0.2) is 23.3 Å². The minimum Gasteiger partial charge on any atom is -0.420 e. The first-order chi connectivity index (χ1) is 8.29. The lowest BCUT2D eigenvalue weighted by molar-refractivity contribution is 0.493. The van der Waals surface area contributed by atoms with Crippen molar-refractivity contribution in [3.8, 4) is 10.8 Å². The average molecular weight is 272 g/mol. The molecule has 0 saturated carbocycles. The Bertz CT molecular complexity index is 469. The Labute approximate surface area is 109 Å². The van der Waals surface area contributed by atoms with Gasteiger partial charge in [0.1, 0.15) is 0 Å². The maximum absolute atomic E-state index is 5.86. The Kier molecular flexibility index (Phi) is 4.53. The molecule has 0 bridgehead atoms. The zero-order chi connectivity index (χ0) is 12.1. The summed E-state index contributed by atoms with van der Waals surface area (Å²) < 4.78 is 6.29. The van der Waals surface area contributed by atoms with Crippen molar-refractivity contribution in [1.82, 2.24) is 15.5 Å². The molecule has 0 amide bonds. The molecule has 2 aromatic rings. The predicted octanol–water partition coefficient (Wildman–Crippen LogP) is 2.99. The van der Waals surface area contributed by atoms with Crippen LogP contribution in [0.15, 0.2) is 16.5 Å². The van der Waals surface area contributed by atoms with Gasteiger partial charge >= 0.3 is 0 Å². The highest BCUT2D eigenvalue weighted by molar-refractivity contribution is 7.19. The quantitative estimate of drug-likeness (QED) is 0.821. The molecule has 0 aromatic carbocycles. The first-order valence-corrected chi connectivity index (χ1v) is 6.78. The standard InChI is InChI=1S/C11H14ClN3OS/c1-2-13-7-3-4-10-14-15-11(16-10)8-5-6-9(12)17-8/h5-6,13H,2-4,7H2,1H3. The summed E-state index contributed by atoms with van der Waals surface area (Å²) in [6, 6.07) is 3.72. The summed E-state index contributed by atoms with van der Waals surface area (Å²) in [7, 11) is 0. The molecule has 92 valence electrons. The zero-order valence-electron chi connectivity index (χ0n) is 9.57. The van der Waals surface area contributed by atoms with E-state index in [0.717, 1.165) is 35.1 Å². The topological polar surface area (TPSA) is 51.0 Å². The van der Waals surface area contributed by atoms with Gasteiger partial charge in [0.2, 0.25) is 5.89 Å². The summed E-state index contributed by atoms with van der Waals surface area (Å²) in [5.41, 5.74) is 0. The lowest BCUT2D eigenvalue weighted by Gasteiger charge is -1.97. The second-order valence-corrected chi connectivity index (χ2v) is 5.28. The maximum atomic E-state index is 5.86. The molecule has 0 aliphatic heterocycles. The van der Waals surface area contributed by atoms with E-state index >= 15 is 0 Å². The molecule has 17 heavy (non-hydrogen) atoms. The molecular weight excluding hydrogens is 258 g/mol. The van der Waals surface area contributed by atoms with Crippen molar-refractivity contribution in [2.75, 3.05) is 13.1 Å². The fraction of sp³-hybridized carbons (Fsp3) is 0.455. The summed E-state index contributed by atoms with van der Waals surface area (Å²) in [4.78, 5) is 0.917. The van der Waals surface area contributed by atoms with Gasteiger partial charge in [0.15, 0.2) is 0 Å². The number of rotatable bonds is 6. The van der Waals surface area contributed by atoms with E-state index in [4.69, 9.17) is 16.0 Å². The Hall–Kier alpha value is -0.910. The molecule has 6 heteroatoms. The van der Waals surface area contributed by atoms with E-state index in [1.54, 1.807) is 0 Å². The van der Waals surface area contributed by atoms with Gasteiger partial charge in [-0.1, -0.05) is 18.5 Å². The van der Waals surface area contributed by atoms with Crippen molar-refractivity contribution < 1.29 is 4.42 Å². The highest BCUT2D eigenvalue weighted by Crippen LogP contribution is 2.29. The fourth-order valence-electron chi connectivity index (χ4n) is 1.42. The van der Waals surface area contributed by atoms with Gasteiger partial charge in [0, 0.05) is 6.42 Å². The van der Waals surface area contributed by atoms with Crippen molar-refractivity contribution in [2.45, 2.75) is 19.8 Å². The largest absolute Gasteiger partial charge is 0.420 e. The van der Waals surface area contributed by atoms with Crippen molar-refractivity contribution in [1.29, 1.82) is 0 Å². The molecule has 0 aliphatic rings. The number of nitrogens with one attached hydrogen (secondary N) is 1. The third-order valence-corrected chi connectivity index (χ3v) is 3.46. The summed E-state index contributed by atoms with van der Waals surface area (Å²) in [5.74, 6) is 1.24. The molecule has 2 aromatic heterocycles. The van der Waals surface area contributed by atoms with Crippen LogP contribution < -0.4 is 5.32 Å². The monoisotopic (exact) mass is 271 g/mol. The molecule has 4 nitrogen and oxygen atoms in total. The average Bonchev–Trinajstić information content (AvgIpc) is 2.93. The maximum Gasteiger partial charge on any atom is 0.257 e. The van der Waals surface area contributed by atoms with Crippen LogP contribution in [0.3, 0.4) is 0 Å². The van der Waals surface area contributed by atoms with E-state index in [0.29, 0.717) is 11.8 Å². The van der Waals surface area contributed by atoms with Crippen molar-refractivity contribution in [3.05, 3.63) is 22.4 Å². The van der Waals surface area contributed by atoms with Crippen LogP contribution in [0.25, 0.3) is 10.8 Å². The molecular formula is C11H14ClN3OS. The Morgan fingerprint density at radius 3 is 3.00 bits per heavy atom. The first kappa shape index (κ1) is 12.5. The van der Waals surface area contributed by atoms with Crippen molar-refractivity contribution in [2.24, 2.45) is 0 Å².